The number of aromatic nitrogens is 1. The predicted octanol–water partition coefficient (Wildman–Crippen LogP) is 2.92. The van der Waals surface area contributed by atoms with E-state index < -0.39 is 0 Å². The Morgan fingerprint density at radius 1 is 1.31 bits per heavy atom. The van der Waals surface area contributed by atoms with E-state index >= 15 is 0 Å². The van der Waals surface area contributed by atoms with Crippen LogP contribution in [-0.2, 0) is 6.42 Å². The zero-order valence-electron chi connectivity index (χ0n) is 10.2. The van der Waals surface area contributed by atoms with Gasteiger partial charge in [0, 0.05) is 18.4 Å². The van der Waals surface area contributed by atoms with Gasteiger partial charge in [0.2, 0.25) is 0 Å². The lowest BCUT2D eigenvalue weighted by atomic mass is 9.74. The number of pyridine rings is 1. The van der Waals surface area contributed by atoms with Crippen LogP contribution in [0.3, 0.4) is 0 Å². The van der Waals surface area contributed by atoms with E-state index in [0.29, 0.717) is 11.5 Å². The minimum Gasteiger partial charge on any atom is -0.327 e. The molecule has 2 N–H and O–H groups in total. The molecular formula is C14H22N2. The Hall–Kier alpha value is -0.890. The molecule has 1 aliphatic carbocycles. The fourth-order valence-corrected chi connectivity index (χ4v) is 3.05. The fourth-order valence-electron chi connectivity index (χ4n) is 3.05. The van der Waals surface area contributed by atoms with Crippen LogP contribution in [-0.4, -0.2) is 11.0 Å². The zero-order chi connectivity index (χ0) is 11.4. The van der Waals surface area contributed by atoms with Gasteiger partial charge in [-0.05, 0) is 48.8 Å². The van der Waals surface area contributed by atoms with Gasteiger partial charge in [-0.15, -0.1) is 0 Å². The quantitative estimate of drug-likeness (QED) is 0.844. The summed E-state index contributed by atoms with van der Waals surface area (Å²) in [5.41, 5.74) is 8.16. The van der Waals surface area contributed by atoms with E-state index in [1.165, 1.54) is 37.7 Å². The molecule has 0 saturated heterocycles. The summed E-state index contributed by atoms with van der Waals surface area (Å²) in [6, 6.07) is 4.47. The fraction of sp³-hybridized carbons (Fsp3) is 0.643. The standard InChI is InChI=1S/C14H22N2/c1-2-14(7-3-4-8-14)13(15)11-12-5-9-16-10-6-12/h5-6,9-10,13H,2-4,7-8,11,15H2,1H3. The third kappa shape index (κ3) is 2.27. The van der Waals surface area contributed by atoms with Crippen molar-refractivity contribution >= 4 is 0 Å². The molecule has 16 heavy (non-hydrogen) atoms. The Morgan fingerprint density at radius 2 is 1.94 bits per heavy atom. The summed E-state index contributed by atoms with van der Waals surface area (Å²) in [5, 5.41) is 0. The highest BCUT2D eigenvalue weighted by molar-refractivity contribution is 5.13. The van der Waals surface area contributed by atoms with Gasteiger partial charge in [0.05, 0.1) is 0 Å². The highest BCUT2D eigenvalue weighted by Crippen LogP contribution is 2.43. The lowest BCUT2D eigenvalue weighted by Crippen LogP contribution is -2.41. The summed E-state index contributed by atoms with van der Waals surface area (Å²) >= 11 is 0. The molecule has 1 aromatic heterocycles. The van der Waals surface area contributed by atoms with Crippen molar-refractivity contribution in [2.24, 2.45) is 11.1 Å². The van der Waals surface area contributed by atoms with Crippen LogP contribution in [0.5, 0.6) is 0 Å². The summed E-state index contributed by atoms with van der Waals surface area (Å²) in [5.74, 6) is 0. The van der Waals surface area contributed by atoms with Gasteiger partial charge >= 0.3 is 0 Å². The van der Waals surface area contributed by atoms with Crippen molar-refractivity contribution in [1.82, 2.24) is 4.98 Å². The third-order valence-corrected chi connectivity index (χ3v) is 4.29. The molecule has 1 aromatic rings. The average molecular weight is 218 g/mol. The minimum atomic E-state index is 0.308. The molecule has 0 amide bonds. The van der Waals surface area contributed by atoms with Crippen LogP contribution in [0.4, 0.5) is 0 Å². The highest BCUT2D eigenvalue weighted by Gasteiger charge is 2.37. The Labute approximate surface area is 98.3 Å². The van der Waals surface area contributed by atoms with Crippen molar-refractivity contribution < 1.29 is 0 Å². The van der Waals surface area contributed by atoms with Gasteiger partial charge in [-0.2, -0.15) is 0 Å². The number of nitrogens with zero attached hydrogens (tertiary/aromatic N) is 1. The Kier molecular flexibility index (Phi) is 3.59. The van der Waals surface area contributed by atoms with Gasteiger partial charge in [0.1, 0.15) is 0 Å². The van der Waals surface area contributed by atoms with Gasteiger partial charge in [0.25, 0.3) is 0 Å². The molecule has 0 bridgehead atoms. The van der Waals surface area contributed by atoms with E-state index in [-0.39, 0.29) is 0 Å². The van der Waals surface area contributed by atoms with E-state index in [9.17, 15) is 0 Å². The monoisotopic (exact) mass is 218 g/mol. The minimum absolute atomic E-state index is 0.308. The molecule has 1 unspecified atom stereocenters. The smallest absolute Gasteiger partial charge is 0.0270 e. The maximum Gasteiger partial charge on any atom is 0.0270 e. The van der Waals surface area contributed by atoms with Crippen molar-refractivity contribution in [1.29, 1.82) is 0 Å². The van der Waals surface area contributed by atoms with Crippen LogP contribution in [0.15, 0.2) is 24.5 Å². The summed E-state index contributed by atoms with van der Waals surface area (Å²) in [7, 11) is 0. The van der Waals surface area contributed by atoms with Crippen LogP contribution in [0.1, 0.15) is 44.6 Å². The molecule has 1 atom stereocenters. The largest absolute Gasteiger partial charge is 0.327 e. The first-order valence-corrected chi connectivity index (χ1v) is 6.41. The molecule has 2 rings (SSSR count). The molecule has 2 nitrogen and oxygen atoms in total. The van der Waals surface area contributed by atoms with Gasteiger partial charge in [-0.25, -0.2) is 0 Å². The lowest BCUT2D eigenvalue weighted by molar-refractivity contribution is 0.219. The van der Waals surface area contributed by atoms with Crippen molar-refractivity contribution in [3.63, 3.8) is 0 Å². The Balaban J connectivity index is 2.04. The van der Waals surface area contributed by atoms with E-state index in [0.717, 1.165) is 6.42 Å². The number of hydrogen-bond acceptors (Lipinski definition) is 2. The first-order chi connectivity index (χ1) is 7.77. The molecule has 1 aliphatic rings. The molecule has 88 valence electrons. The van der Waals surface area contributed by atoms with Crippen LogP contribution in [0.25, 0.3) is 0 Å². The van der Waals surface area contributed by atoms with E-state index in [4.69, 9.17) is 5.73 Å². The second-order valence-corrected chi connectivity index (χ2v) is 5.09. The highest BCUT2D eigenvalue weighted by atomic mass is 14.7. The maximum atomic E-state index is 6.44. The number of rotatable bonds is 4. The molecule has 1 heterocycles. The van der Waals surface area contributed by atoms with Crippen molar-refractivity contribution in [3.05, 3.63) is 30.1 Å². The predicted molar refractivity (Wildman–Crippen MR) is 67.1 cm³/mol. The van der Waals surface area contributed by atoms with Gasteiger partial charge in [-0.3, -0.25) is 4.98 Å². The molecular weight excluding hydrogens is 196 g/mol. The summed E-state index contributed by atoms with van der Waals surface area (Å²) in [6.45, 7) is 2.29. The molecule has 0 radical (unpaired) electrons. The summed E-state index contributed by atoms with van der Waals surface area (Å²) in [4.78, 5) is 4.05. The first kappa shape index (κ1) is 11.6. The summed E-state index contributed by atoms with van der Waals surface area (Å²) < 4.78 is 0. The van der Waals surface area contributed by atoms with Gasteiger partial charge < -0.3 is 5.73 Å². The molecule has 0 aliphatic heterocycles. The maximum absolute atomic E-state index is 6.44. The SMILES string of the molecule is CCC1(C(N)Cc2ccncc2)CCCC1. The normalized spacial score (nSPS) is 20.9. The van der Waals surface area contributed by atoms with Crippen molar-refractivity contribution in [2.75, 3.05) is 0 Å². The lowest BCUT2D eigenvalue weighted by Gasteiger charge is -2.34. The second kappa shape index (κ2) is 4.96. The van der Waals surface area contributed by atoms with Crippen molar-refractivity contribution in [2.45, 2.75) is 51.5 Å². The van der Waals surface area contributed by atoms with E-state index in [1.54, 1.807) is 0 Å². The zero-order valence-corrected chi connectivity index (χ0v) is 10.2. The second-order valence-electron chi connectivity index (χ2n) is 5.09. The average Bonchev–Trinajstić information content (AvgIpc) is 2.80. The van der Waals surface area contributed by atoms with Gasteiger partial charge in [0.15, 0.2) is 0 Å². The molecule has 0 spiro atoms. The van der Waals surface area contributed by atoms with Crippen LogP contribution in [0, 0.1) is 5.41 Å². The molecule has 1 fully saturated rings. The third-order valence-electron chi connectivity index (χ3n) is 4.29. The molecule has 1 saturated carbocycles. The topological polar surface area (TPSA) is 38.9 Å². The molecule has 2 heteroatoms. The van der Waals surface area contributed by atoms with Crippen molar-refractivity contribution in [3.8, 4) is 0 Å². The first-order valence-electron chi connectivity index (χ1n) is 6.41. The van der Waals surface area contributed by atoms with Gasteiger partial charge in [-0.1, -0.05) is 19.8 Å². The summed E-state index contributed by atoms with van der Waals surface area (Å²) in [6.07, 6.45) is 11.3. The number of hydrogen-bond donors (Lipinski definition) is 1. The van der Waals surface area contributed by atoms with E-state index in [2.05, 4.69) is 24.0 Å². The number of nitrogens with two attached hydrogens (primary N) is 1. The van der Waals surface area contributed by atoms with Crippen LogP contribution < -0.4 is 5.73 Å². The van der Waals surface area contributed by atoms with Crippen LogP contribution in [0.2, 0.25) is 0 Å². The Bertz CT molecular complexity index is 315. The molecule has 0 aromatic carbocycles. The van der Waals surface area contributed by atoms with E-state index in [1.807, 2.05) is 12.4 Å². The van der Waals surface area contributed by atoms with Crippen LogP contribution >= 0.6 is 0 Å². The Morgan fingerprint density at radius 3 is 2.50 bits per heavy atom.